The number of carbonyl (C=O) groups is 1. The van der Waals surface area contributed by atoms with E-state index in [0.717, 1.165) is 33.8 Å². The lowest BCUT2D eigenvalue weighted by Crippen LogP contribution is -2.30. The first-order valence-corrected chi connectivity index (χ1v) is 10.8. The molecular weight excluding hydrogens is 419 g/mol. The van der Waals surface area contributed by atoms with E-state index in [-0.39, 0.29) is 23.8 Å². The zero-order valence-corrected chi connectivity index (χ0v) is 19.5. The average Bonchev–Trinajstić information content (AvgIpc) is 2.99. The number of nitrogens with one attached hydrogen (secondary N) is 1. The summed E-state index contributed by atoms with van der Waals surface area (Å²) >= 11 is 0. The standard InChI is InChI=1S/C26H27FN4O2/c1-15-10-16(2)25(17(3)11-15)29-23(32)14-31-26(33)24-19(5)30(18(4)21(24)12-28-31)13-20-8-6-7-9-22(20)27/h6-12H,13-14H2,1-5H3,(H,29,32). The number of amides is 1. The van der Waals surface area contributed by atoms with Crippen molar-refractivity contribution in [2.24, 2.45) is 0 Å². The van der Waals surface area contributed by atoms with Gasteiger partial charge in [-0.3, -0.25) is 9.59 Å². The van der Waals surface area contributed by atoms with Crippen LogP contribution in [-0.4, -0.2) is 20.3 Å². The number of hydrogen-bond donors (Lipinski definition) is 1. The second kappa shape index (κ2) is 8.65. The number of aryl methyl sites for hydroxylation is 5. The normalized spacial score (nSPS) is 11.2. The summed E-state index contributed by atoms with van der Waals surface area (Å²) < 4.78 is 17.3. The lowest BCUT2D eigenvalue weighted by molar-refractivity contribution is -0.117. The largest absolute Gasteiger partial charge is 0.343 e. The lowest BCUT2D eigenvalue weighted by Gasteiger charge is -2.13. The third-order valence-electron chi connectivity index (χ3n) is 6.13. The highest BCUT2D eigenvalue weighted by Gasteiger charge is 2.18. The molecule has 6 nitrogen and oxygen atoms in total. The summed E-state index contributed by atoms with van der Waals surface area (Å²) in [6.45, 7) is 9.72. The summed E-state index contributed by atoms with van der Waals surface area (Å²) in [5.74, 6) is -0.609. The van der Waals surface area contributed by atoms with E-state index in [4.69, 9.17) is 0 Å². The minimum Gasteiger partial charge on any atom is -0.343 e. The Kier molecular flexibility index (Phi) is 5.89. The molecule has 0 saturated heterocycles. The monoisotopic (exact) mass is 446 g/mol. The first-order chi connectivity index (χ1) is 15.7. The Labute approximate surface area is 191 Å². The second-order valence-electron chi connectivity index (χ2n) is 8.57. The van der Waals surface area contributed by atoms with Crippen molar-refractivity contribution in [3.05, 3.63) is 92.4 Å². The van der Waals surface area contributed by atoms with Crippen molar-refractivity contribution in [3.8, 4) is 0 Å². The van der Waals surface area contributed by atoms with Gasteiger partial charge in [0.2, 0.25) is 5.91 Å². The van der Waals surface area contributed by atoms with Crippen molar-refractivity contribution in [2.75, 3.05) is 5.32 Å². The van der Waals surface area contributed by atoms with Crippen LogP contribution < -0.4 is 10.9 Å². The van der Waals surface area contributed by atoms with Gasteiger partial charge in [-0.2, -0.15) is 5.10 Å². The van der Waals surface area contributed by atoms with Gasteiger partial charge in [0.05, 0.1) is 18.1 Å². The molecule has 4 aromatic rings. The third kappa shape index (κ3) is 4.18. The molecule has 0 bridgehead atoms. The molecule has 2 aromatic heterocycles. The van der Waals surface area contributed by atoms with Crippen LogP contribution in [0.1, 0.15) is 33.6 Å². The molecule has 7 heteroatoms. The molecular formula is C26H27FN4O2. The smallest absolute Gasteiger partial charge is 0.276 e. The molecule has 2 aromatic carbocycles. The van der Waals surface area contributed by atoms with Crippen molar-refractivity contribution in [2.45, 2.75) is 47.7 Å². The Balaban J connectivity index is 1.66. The van der Waals surface area contributed by atoms with Crippen molar-refractivity contribution < 1.29 is 9.18 Å². The van der Waals surface area contributed by atoms with E-state index in [2.05, 4.69) is 10.4 Å². The molecule has 0 saturated carbocycles. The summed E-state index contributed by atoms with van der Waals surface area (Å²) in [5, 5.41) is 8.36. The SMILES string of the molecule is Cc1cc(C)c(NC(=O)Cn2ncc3c(C)n(Cc4ccccc4F)c(C)c3c2=O)c(C)c1. The number of nitrogens with zero attached hydrogens (tertiary/aromatic N) is 3. The van der Waals surface area contributed by atoms with Crippen molar-refractivity contribution in [1.29, 1.82) is 0 Å². The van der Waals surface area contributed by atoms with Gasteiger partial charge in [-0.05, 0) is 51.8 Å². The van der Waals surface area contributed by atoms with Crippen LogP contribution in [0.4, 0.5) is 10.1 Å². The highest BCUT2D eigenvalue weighted by molar-refractivity contribution is 5.92. The molecule has 170 valence electrons. The maximum atomic E-state index is 14.2. The van der Waals surface area contributed by atoms with Gasteiger partial charge in [0, 0.05) is 28.0 Å². The van der Waals surface area contributed by atoms with Crippen LogP contribution in [0.5, 0.6) is 0 Å². The molecule has 0 radical (unpaired) electrons. The summed E-state index contributed by atoms with van der Waals surface area (Å²) in [7, 11) is 0. The number of anilines is 1. The van der Waals surface area contributed by atoms with E-state index < -0.39 is 0 Å². The van der Waals surface area contributed by atoms with Crippen molar-refractivity contribution in [3.63, 3.8) is 0 Å². The molecule has 0 aliphatic carbocycles. The minimum absolute atomic E-state index is 0.196. The number of rotatable bonds is 5. The first kappa shape index (κ1) is 22.5. The van der Waals surface area contributed by atoms with Gasteiger partial charge >= 0.3 is 0 Å². The molecule has 0 fully saturated rings. The number of fused-ring (bicyclic) bond motifs is 1. The van der Waals surface area contributed by atoms with Crippen LogP contribution in [0, 0.1) is 40.4 Å². The second-order valence-corrected chi connectivity index (χ2v) is 8.57. The summed E-state index contributed by atoms with van der Waals surface area (Å²) in [4.78, 5) is 26.0. The van der Waals surface area contributed by atoms with E-state index in [1.165, 1.54) is 10.7 Å². The molecule has 33 heavy (non-hydrogen) atoms. The summed E-state index contributed by atoms with van der Waals surface area (Å²) in [6, 6.07) is 10.6. The van der Waals surface area contributed by atoms with Gasteiger partial charge in [-0.1, -0.05) is 35.9 Å². The van der Waals surface area contributed by atoms with E-state index >= 15 is 0 Å². The van der Waals surface area contributed by atoms with Crippen molar-refractivity contribution in [1.82, 2.24) is 14.3 Å². The third-order valence-corrected chi connectivity index (χ3v) is 6.13. The predicted octanol–water partition coefficient (Wildman–Crippen LogP) is 4.57. The highest BCUT2D eigenvalue weighted by Crippen LogP contribution is 2.24. The van der Waals surface area contributed by atoms with Crippen LogP contribution in [0.3, 0.4) is 0 Å². The average molecular weight is 447 g/mol. The molecule has 0 aliphatic rings. The Bertz CT molecular complexity index is 1430. The van der Waals surface area contributed by atoms with Crippen LogP contribution in [0.25, 0.3) is 10.8 Å². The van der Waals surface area contributed by atoms with Gasteiger partial charge in [0.1, 0.15) is 12.4 Å². The fourth-order valence-corrected chi connectivity index (χ4v) is 4.48. The fraction of sp³-hybridized carbons (Fsp3) is 0.269. The van der Waals surface area contributed by atoms with Gasteiger partial charge in [0.15, 0.2) is 0 Å². The molecule has 1 N–H and O–H groups in total. The van der Waals surface area contributed by atoms with Crippen molar-refractivity contribution >= 4 is 22.4 Å². The van der Waals surface area contributed by atoms with Gasteiger partial charge in [0.25, 0.3) is 5.56 Å². The summed E-state index contributed by atoms with van der Waals surface area (Å²) in [5.41, 5.74) is 5.56. The zero-order chi connectivity index (χ0) is 23.9. The fourth-order valence-electron chi connectivity index (χ4n) is 4.48. The van der Waals surface area contributed by atoms with Crippen LogP contribution in [0.2, 0.25) is 0 Å². The predicted molar refractivity (Wildman–Crippen MR) is 128 cm³/mol. The van der Waals surface area contributed by atoms with Gasteiger partial charge in [-0.25, -0.2) is 9.07 Å². The van der Waals surface area contributed by atoms with Gasteiger partial charge in [-0.15, -0.1) is 0 Å². The molecule has 0 spiro atoms. The summed E-state index contributed by atoms with van der Waals surface area (Å²) in [6.07, 6.45) is 1.60. The molecule has 0 unspecified atom stereocenters. The Hall–Kier alpha value is -3.74. The number of aromatic nitrogens is 3. The number of carbonyl (C=O) groups excluding carboxylic acids is 1. The number of hydrogen-bond acceptors (Lipinski definition) is 3. The van der Waals surface area contributed by atoms with E-state index in [9.17, 15) is 14.0 Å². The van der Waals surface area contributed by atoms with Crippen LogP contribution in [0.15, 0.2) is 47.4 Å². The molecule has 0 atom stereocenters. The molecule has 1 amide bonds. The zero-order valence-electron chi connectivity index (χ0n) is 19.5. The molecule has 4 rings (SSSR count). The number of benzene rings is 2. The van der Waals surface area contributed by atoms with Gasteiger partial charge < -0.3 is 9.88 Å². The Morgan fingerprint density at radius 2 is 1.70 bits per heavy atom. The first-order valence-electron chi connectivity index (χ1n) is 10.8. The van der Waals surface area contributed by atoms with E-state index in [0.29, 0.717) is 22.9 Å². The number of halogens is 1. The topological polar surface area (TPSA) is 68.9 Å². The highest BCUT2D eigenvalue weighted by atomic mass is 19.1. The Morgan fingerprint density at radius 3 is 2.36 bits per heavy atom. The van der Waals surface area contributed by atoms with Crippen LogP contribution in [-0.2, 0) is 17.9 Å². The molecule has 2 heterocycles. The maximum Gasteiger partial charge on any atom is 0.276 e. The maximum absolute atomic E-state index is 14.2. The van der Waals surface area contributed by atoms with E-state index in [1.54, 1.807) is 24.4 Å². The minimum atomic E-state index is -0.340. The van der Waals surface area contributed by atoms with Crippen LogP contribution >= 0.6 is 0 Å². The molecule has 0 aliphatic heterocycles. The quantitative estimate of drug-likeness (QED) is 0.488. The Morgan fingerprint density at radius 1 is 1.03 bits per heavy atom. The lowest BCUT2D eigenvalue weighted by atomic mass is 10.1. The van der Waals surface area contributed by atoms with E-state index in [1.807, 2.05) is 51.3 Å².